The minimum Gasteiger partial charge on any atom is -0.508 e. The van der Waals surface area contributed by atoms with Crippen LogP contribution >= 0.6 is 11.8 Å². The Labute approximate surface area is 182 Å². The van der Waals surface area contributed by atoms with Crippen LogP contribution in [0.1, 0.15) is 43.2 Å². The average molecular weight is 427 g/mol. The molecule has 0 bridgehead atoms. The molecule has 30 heavy (non-hydrogen) atoms. The van der Waals surface area contributed by atoms with E-state index in [4.69, 9.17) is 0 Å². The summed E-state index contributed by atoms with van der Waals surface area (Å²) >= 11 is 1.72. The monoisotopic (exact) mass is 426 g/mol. The maximum absolute atomic E-state index is 12.2. The van der Waals surface area contributed by atoms with Gasteiger partial charge >= 0.3 is 0 Å². The lowest BCUT2D eigenvalue weighted by molar-refractivity contribution is -0.145. The lowest BCUT2D eigenvalue weighted by atomic mass is 10.1. The summed E-state index contributed by atoms with van der Waals surface area (Å²) in [6, 6.07) is 17.5. The Bertz CT molecular complexity index is 811. The maximum Gasteiger partial charge on any atom is 0.239 e. The fourth-order valence-electron chi connectivity index (χ4n) is 3.44. The highest BCUT2D eigenvalue weighted by Gasteiger charge is 2.37. The largest absolute Gasteiger partial charge is 0.508 e. The first kappa shape index (κ1) is 22.2. The third-order valence-electron chi connectivity index (χ3n) is 5.27. The van der Waals surface area contributed by atoms with Crippen LogP contribution in [0.2, 0.25) is 0 Å². The van der Waals surface area contributed by atoms with E-state index in [-0.39, 0.29) is 23.7 Å². The van der Waals surface area contributed by atoms with Gasteiger partial charge in [-0.1, -0.05) is 55.3 Å². The van der Waals surface area contributed by atoms with E-state index in [1.54, 1.807) is 28.8 Å². The number of rotatable bonds is 12. The summed E-state index contributed by atoms with van der Waals surface area (Å²) in [4.78, 5) is 25.7. The number of hydrogen-bond acceptors (Lipinski definition) is 4. The number of nitrogens with one attached hydrogen (secondary N) is 1. The SMILES string of the molecule is O=C(CN1C(=O)CC1SCc1ccccc1)NCCCCCCc1ccc(O)cc1. The second-order valence-corrected chi connectivity index (χ2v) is 8.82. The normalized spacial score (nSPS) is 15.7. The molecule has 1 aliphatic rings. The highest BCUT2D eigenvalue weighted by atomic mass is 32.2. The molecule has 1 atom stereocenters. The van der Waals surface area contributed by atoms with Crippen molar-refractivity contribution in [2.24, 2.45) is 0 Å². The fourth-order valence-corrected chi connectivity index (χ4v) is 4.65. The van der Waals surface area contributed by atoms with Crippen molar-refractivity contribution in [3.05, 3.63) is 65.7 Å². The highest BCUT2D eigenvalue weighted by Crippen LogP contribution is 2.31. The molecule has 1 unspecified atom stereocenters. The number of β-lactam (4-membered cyclic amide) rings is 1. The van der Waals surface area contributed by atoms with Gasteiger partial charge in [-0.25, -0.2) is 0 Å². The molecule has 0 aliphatic carbocycles. The van der Waals surface area contributed by atoms with E-state index in [1.807, 2.05) is 30.3 Å². The average Bonchev–Trinajstić information content (AvgIpc) is 2.76. The Hall–Kier alpha value is -2.47. The van der Waals surface area contributed by atoms with Crippen molar-refractivity contribution in [1.29, 1.82) is 0 Å². The zero-order chi connectivity index (χ0) is 21.2. The van der Waals surface area contributed by atoms with Crippen LogP contribution in [0.4, 0.5) is 0 Å². The first-order valence-electron chi connectivity index (χ1n) is 10.6. The number of carbonyl (C=O) groups is 2. The van der Waals surface area contributed by atoms with Crippen molar-refractivity contribution in [3.63, 3.8) is 0 Å². The molecule has 0 saturated carbocycles. The standard InChI is InChI=1S/C24H30N2O3S/c27-21-13-11-19(12-14-21)8-4-1-2-7-15-25-22(28)17-26-23(29)16-24(26)30-18-20-9-5-3-6-10-20/h3,5-6,9-14,24,27H,1-2,4,7-8,15-18H2,(H,25,28). The van der Waals surface area contributed by atoms with Crippen molar-refractivity contribution >= 4 is 23.6 Å². The smallest absolute Gasteiger partial charge is 0.239 e. The predicted octanol–water partition coefficient (Wildman–Crippen LogP) is 4.10. The van der Waals surface area contributed by atoms with Crippen LogP contribution in [-0.2, 0) is 21.8 Å². The van der Waals surface area contributed by atoms with Gasteiger partial charge in [-0.15, -0.1) is 11.8 Å². The van der Waals surface area contributed by atoms with Crippen LogP contribution in [0, 0.1) is 0 Å². The van der Waals surface area contributed by atoms with Gasteiger partial charge < -0.3 is 15.3 Å². The maximum atomic E-state index is 12.2. The van der Waals surface area contributed by atoms with Crippen LogP contribution < -0.4 is 5.32 Å². The topological polar surface area (TPSA) is 69.6 Å². The van der Waals surface area contributed by atoms with E-state index in [2.05, 4.69) is 17.4 Å². The fraction of sp³-hybridized carbons (Fsp3) is 0.417. The molecular weight excluding hydrogens is 396 g/mol. The summed E-state index contributed by atoms with van der Waals surface area (Å²) in [6.07, 6.45) is 5.75. The van der Waals surface area contributed by atoms with Gasteiger partial charge in [0.2, 0.25) is 11.8 Å². The van der Waals surface area contributed by atoms with Crippen LogP contribution in [0.5, 0.6) is 5.75 Å². The first-order valence-corrected chi connectivity index (χ1v) is 11.7. The molecule has 0 spiro atoms. The van der Waals surface area contributed by atoms with Crippen molar-refractivity contribution in [1.82, 2.24) is 10.2 Å². The third-order valence-corrected chi connectivity index (χ3v) is 6.57. The molecule has 1 aliphatic heterocycles. The number of hydrogen-bond donors (Lipinski definition) is 2. The molecule has 6 heteroatoms. The number of benzene rings is 2. The molecular formula is C24H30N2O3S. The molecule has 1 heterocycles. The Morgan fingerprint density at radius 3 is 2.47 bits per heavy atom. The predicted molar refractivity (Wildman–Crippen MR) is 121 cm³/mol. The summed E-state index contributed by atoms with van der Waals surface area (Å²) in [5.41, 5.74) is 2.47. The molecule has 2 N–H and O–H groups in total. The Kier molecular flexibility index (Phi) is 8.63. The number of phenolic OH excluding ortho intramolecular Hbond substituents is 1. The van der Waals surface area contributed by atoms with Gasteiger partial charge in [-0.05, 0) is 42.5 Å². The number of aromatic hydroxyl groups is 1. The number of aryl methyl sites for hydroxylation is 1. The van der Waals surface area contributed by atoms with Gasteiger partial charge in [0.15, 0.2) is 0 Å². The van der Waals surface area contributed by atoms with E-state index in [1.165, 1.54) is 11.1 Å². The van der Waals surface area contributed by atoms with Crippen LogP contribution in [-0.4, -0.2) is 40.3 Å². The van der Waals surface area contributed by atoms with Crippen LogP contribution in [0.15, 0.2) is 54.6 Å². The van der Waals surface area contributed by atoms with E-state index >= 15 is 0 Å². The summed E-state index contributed by atoms with van der Waals surface area (Å²) in [7, 11) is 0. The van der Waals surface area contributed by atoms with Gasteiger partial charge in [0.05, 0.1) is 11.8 Å². The zero-order valence-corrected chi connectivity index (χ0v) is 18.1. The van der Waals surface area contributed by atoms with E-state index in [0.717, 1.165) is 37.9 Å². The lowest BCUT2D eigenvalue weighted by Crippen LogP contribution is -2.54. The van der Waals surface area contributed by atoms with Crippen molar-refractivity contribution in [3.8, 4) is 5.75 Å². The molecule has 0 aromatic heterocycles. The summed E-state index contributed by atoms with van der Waals surface area (Å²) in [5, 5.41) is 12.3. The molecule has 0 radical (unpaired) electrons. The van der Waals surface area contributed by atoms with Gasteiger partial charge in [0.25, 0.3) is 0 Å². The second-order valence-electron chi connectivity index (χ2n) is 7.66. The molecule has 5 nitrogen and oxygen atoms in total. The molecule has 3 rings (SSSR count). The Balaban J connectivity index is 1.24. The molecule has 2 aromatic carbocycles. The van der Waals surface area contributed by atoms with Crippen molar-refractivity contribution in [2.75, 3.05) is 13.1 Å². The summed E-state index contributed by atoms with van der Waals surface area (Å²) < 4.78 is 0. The first-order chi connectivity index (χ1) is 14.6. The van der Waals surface area contributed by atoms with Gasteiger partial charge in [-0.3, -0.25) is 9.59 Å². The molecule has 1 saturated heterocycles. The quantitative estimate of drug-likeness (QED) is 0.396. The number of nitrogens with zero attached hydrogens (tertiary/aromatic N) is 1. The Morgan fingerprint density at radius 2 is 1.73 bits per heavy atom. The molecule has 2 aromatic rings. The zero-order valence-electron chi connectivity index (χ0n) is 17.3. The number of amides is 2. The van der Waals surface area contributed by atoms with E-state index in [9.17, 15) is 14.7 Å². The minimum atomic E-state index is -0.0718. The molecule has 1 fully saturated rings. The van der Waals surface area contributed by atoms with Gasteiger partial charge in [0, 0.05) is 12.3 Å². The molecule has 2 amide bonds. The minimum absolute atomic E-state index is 0.0601. The Morgan fingerprint density at radius 1 is 1.00 bits per heavy atom. The lowest BCUT2D eigenvalue weighted by Gasteiger charge is -2.39. The summed E-state index contributed by atoms with van der Waals surface area (Å²) in [5.74, 6) is 1.14. The van der Waals surface area contributed by atoms with Crippen LogP contribution in [0.25, 0.3) is 0 Å². The van der Waals surface area contributed by atoms with Crippen LogP contribution in [0.3, 0.4) is 0 Å². The van der Waals surface area contributed by atoms with Gasteiger partial charge in [-0.2, -0.15) is 0 Å². The second kappa shape index (κ2) is 11.6. The van der Waals surface area contributed by atoms with E-state index < -0.39 is 0 Å². The summed E-state index contributed by atoms with van der Waals surface area (Å²) in [6.45, 7) is 0.814. The number of carbonyl (C=O) groups excluding carboxylic acids is 2. The van der Waals surface area contributed by atoms with Gasteiger partial charge in [0.1, 0.15) is 12.3 Å². The van der Waals surface area contributed by atoms with Crippen molar-refractivity contribution < 1.29 is 14.7 Å². The van der Waals surface area contributed by atoms with Crippen molar-refractivity contribution in [2.45, 2.75) is 49.7 Å². The highest BCUT2D eigenvalue weighted by molar-refractivity contribution is 7.99. The number of unbranched alkanes of at least 4 members (excludes halogenated alkanes) is 3. The number of thioether (sulfide) groups is 1. The number of likely N-dealkylation sites (tertiary alicyclic amines) is 1. The third kappa shape index (κ3) is 7.10. The van der Waals surface area contributed by atoms with E-state index in [0.29, 0.717) is 18.7 Å². The molecule has 160 valence electrons. The number of phenols is 1.